The van der Waals surface area contributed by atoms with Crippen LogP contribution in [0.1, 0.15) is 0 Å². The van der Waals surface area contributed by atoms with Crippen molar-refractivity contribution in [2.45, 2.75) is 0 Å². The van der Waals surface area contributed by atoms with Gasteiger partial charge in [-0.2, -0.15) is 0 Å². The Morgan fingerprint density at radius 3 is 1.60 bits per heavy atom. The van der Waals surface area contributed by atoms with Crippen LogP contribution in [0.3, 0.4) is 0 Å². The topological polar surface area (TPSA) is 51.8 Å². The molecule has 4 heteroatoms. The summed E-state index contributed by atoms with van der Waals surface area (Å²) in [6, 6.07) is 69.9. The first-order valence-electron chi connectivity index (χ1n) is 19.2. The van der Waals surface area contributed by atoms with E-state index in [2.05, 4.69) is 164 Å². The molecule has 266 valence electrons. The van der Waals surface area contributed by atoms with Gasteiger partial charge in [0, 0.05) is 32.8 Å². The molecule has 0 radical (unpaired) electrons. The molecule has 0 bridgehead atoms. The first-order valence-corrected chi connectivity index (χ1v) is 19.2. The van der Waals surface area contributed by atoms with Crippen LogP contribution in [0.2, 0.25) is 0 Å². The van der Waals surface area contributed by atoms with Gasteiger partial charge in [0.1, 0.15) is 11.2 Å². The Morgan fingerprint density at radius 2 is 0.825 bits per heavy atom. The lowest BCUT2D eigenvalue weighted by Crippen LogP contribution is -2.00. The highest BCUT2D eigenvalue weighted by Crippen LogP contribution is 2.44. The van der Waals surface area contributed by atoms with Crippen LogP contribution in [0.5, 0.6) is 0 Å². The van der Waals surface area contributed by atoms with Crippen molar-refractivity contribution < 1.29 is 4.42 Å². The van der Waals surface area contributed by atoms with Crippen molar-refractivity contribution in [3.05, 3.63) is 200 Å². The van der Waals surface area contributed by atoms with E-state index >= 15 is 0 Å². The zero-order valence-electron chi connectivity index (χ0n) is 30.8. The maximum Gasteiger partial charge on any atom is 0.164 e. The lowest BCUT2D eigenvalue weighted by atomic mass is 9.91. The Bertz CT molecular complexity index is 3270. The second-order valence-electron chi connectivity index (χ2n) is 14.4. The quantitative estimate of drug-likeness (QED) is 0.171. The molecule has 0 saturated carbocycles. The first-order chi connectivity index (χ1) is 28.2. The van der Waals surface area contributed by atoms with Crippen molar-refractivity contribution >= 4 is 43.5 Å². The molecule has 0 aliphatic carbocycles. The zero-order valence-corrected chi connectivity index (χ0v) is 30.8. The molecule has 11 aromatic rings. The van der Waals surface area contributed by atoms with E-state index in [0.717, 1.165) is 66.3 Å². The lowest BCUT2D eigenvalue weighted by molar-refractivity contribution is 0.673. The van der Waals surface area contributed by atoms with Gasteiger partial charge < -0.3 is 4.42 Å². The van der Waals surface area contributed by atoms with E-state index in [4.69, 9.17) is 19.4 Å². The van der Waals surface area contributed by atoms with Gasteiger partial charge >= 0.3 is 0 Å². The van der Waals surface area contributed by atoms with E-state index in [1.165, 1.54) is 27.3 Å². The monoisotopic (exact) mass is 727 g/mol. The smallest absolute Gasteiger partial charge is 0.164 e. The first kappa shape index (κ1) is 32.7. The van der Waals surface area contributed by atoms with Crippen LogP contribution in [0.25, 0.3) is 111 Å². The summed E-state index contributed by atoms with van der Waals surface area (Å²) in [5, 5.41) is 6.92. The molecule has 0 spiro atoms. The minimum atomic E-state index is 0.619. The van der Waals surface area contributed by atoms with E-state index < -0.39 is 0 Å². The van der Waals surface area contributed by atoms with Gasteiger partial charge in [-0.3, -0.25) is 0 Å². The molecule has 4 nitrogen and oxygen atoms in total. The van der Waals surface area contributed by atoms with Gasteiger partial charge in [-0.25, -0.2) is 15.0 Å². The fraction of sp³-hybridized carbons (Fsp3) is 0. The summed E-state index contributed by atoms with van der Waals surface area (Å²) in [5.41, 5.74) is 11.4. The number of hydrogen-bond acceptors (Lipinski definition) is 4. The third-order valence-corrected chi connectivity index (χ3v) is 10.9. The van der Waals surface area contributed by atoms with Gasteiger partial charge in [-0.15, -0.1) is 0 Å². The lowest BCUT2D eigenvalue weighted by Gasteiger charge is -2.12. The molecule has 0 atom stereocenters. The van der Waals surface area contributed by atoms with E-state index in [1.54, 1.807) is 0 Å². The predicted molar refractivity (Wildman–Crippen MR) is 235 cm³/mol. The van der Waals surface area contributed by atoms with Gasteiger partial charge in [0.25, 0.3) is 0 Å². The Labute approximate surface area is 329 Å². The molecule has 0 unspecified atom stereocenters. The van der Waals surface area contributed by atoms with E-state index in [-0.39, 0.29) is 0 Å². The maximum atomic E-state index is 6.72. The second-order valence-corrected chi connectivity index (χ2v) is 14.4. The zero-order chi connectivity index (χ0) is 37.7. The number of furan rings is 1. The summed E-state index contributed by atoms with van der Waals surface area (Å²) in [6.45, 7) is 0. The average molecular weight is 728 g/mol. The maximum absolute atomic E-state index is 6.72. The molecular weight excluding hydrogens is 695 g/mol. The SMILES string of the molecule is c1ccc(-c2cccc(-c3nc(-c4ccccc4)nc(-c4ccc(-c5cccc6oc7c8ccccc8c(-c8cccc9ccccc89)cc7c56)cc4)n3)c2)cc1. The van der Waals surface area contributed by atoms with Crippen molar-refractivity contribution in [3.8, 4) is 67.5 Å². The summed E-state index contributed by atoms with van der Waals surface area (Å²) < 4.78 is 6.72. The molecule has 0 N–H and O–H groups in total. The molecule has 0 fully saturated rings. The third kappa shape index (κ3) is 5.74. The Kier molecular flexibility index (Phi) is 7.78. The molecule has 11 rings (SSSR count). The van der Waals surface area contributed by atoms with E-state index in [9.17, 15) is 0 Å². The van der Waals surface area contributed by atoms with Crippen LogP contribution >= 0.6 is 0 Å². The molecule has 57 heavy (non-hydrogen) atoms. The highest BCUT2D eigenvalue weighted by Gasteiger charge is 2.19. The second kappa shape index (κ2) is 13.6. The summed E-state index contributed by atoms with van der Waals surface area (Å²) in [4.78, 5) is 15.1. The normalized spacial score (nSPS) is 11.5. The molecule has 2 heterocycles. The predicted octanol–water partition coefficient (Wildman–Crippen LogP) is 14.1. The molecule has 0 aliphatic rings. The van der Waals surface area contributed by atoms with Crippen molar-refractivity contribution in [2.75, 3.05) is 0 Å². The molecular formula is C53H33N3O. The van der Waals surface area contributed by atoms with Crippen LogP contribution in [0, 0.1) is 0 Å². The van der Waals surface area contributed by atoms with Gasteiger partial charge in [0.15, 0.2) is 17.5 Å². The molecule has 9 aromatic carbocycles. The largest absolute Gasteiger partial charge is 0.455 e. The summed E-state index contributed by atoms with van der Waals surface area (Å²) >= 11 is 0. The summed E-state index contributed by atoms with van der Waals surface area (Å²) in [7, 11) is 0. The molecule has 0 amide bonds. The minimum absolute atomic E-state index is 0.619. The Morgan fingerprint density at radius 1 is 0.298 bits per heavy atom. The number of rotatable bonds is 6. The fourth-order valence-electron chi connectivity index (χ4n) is 8.19. The van der Waals surface area contributed by atoms with Gasteiger partial charge in [-0.05, 0) is 67.7 Å². The number of benzene rings is 9. The van der Waals surface area contributed by atoms with Crippen LogP contribution in [0.15, 0.2) is 205 Å². The summed E-state index contributed by atoms with van der Waals surface area (Å²) in [5.74, 6) is 1.88. The van der Waals surface area contributed by atoms with Crippen molar-refractivity contribution in [1.82, 2.24) is 15.0 Å². The van der Waals surface area contributed by atoms with Gasteiger partial charge in [0.05, 0.1) is 0 Å². The van der Waals surface area contributed by atoms with Gasteiger partial charge in [-0.1, -0.05) is 182 Å². The number of hydrogen-bond donors (Lipinski definition) is 0. The highest BCUT2D eigenvalue weighted by atomic mass is 16.3. The van der Waals surface area contributed by atoms with Crippen LogP contribution in [0.4, 0.5) is 0 Å². The third-order valence-electron chi connectivity index (χ3n) is 10.9. The van der Waals surface area contributed by atoms with Crippen molar-refractivity contribution in [3.63, 3.8) is 0 Å². The van der Waals surface area contributed by atoms with Crippen LogP contribution < -0.4 is 0 Å². The van der Waals surface area contributed by atoms with Crippen LogP contribution in [-0.2, 0) is 0 Å². The van der Waals surface area contributed by atoms with Crippen molar-refractivity contribution in [2.24, 2.45) is 0 Å². The highest BCUT2D eigenvalue weighted by molar-refractivity contribution is 6.23. The average Bonchev–Trinajstić information content (AvgIpc) is 3.68. The van der Waals surface area contributed by atoms with Crippen molar-refractivity contribution in [1.29, 1.82) is 0 Å². The number of aromatic nitrogens is 3. The fourth-order valence-corrected chi connectivity index (χ4v) is 8.19. The Balaban J connectivity index is 1.05. The molecule has 0 aliphatic heterocycles. The Hall–Kier alpha value is -7.69. The summed E-state index contributed by atoms with van der Waals surface area (Å²) in [6.07, 6.45) is 0. The van der Waals surface area contributed by atoms with E-state index in [0.29, 0.717) is 17.5 Å². The van der Waals surface area contributed by atoms with E-state index in [1.807, 2.05) is 36.4 Å². The van der Waals surface area contributed by atoms with Gasteiger partial charge in [0.2, 0.25) is 0 Å². The molecule has 0 saturated heterocycles. The molecule has 2 aromatic heterocycles. The van der Waals surface area contributed by atoms with Crippen LogP contribution in [-0.4, -0.2) is 15.0 Å². The minimum Gasteiger partial charge on any atom is -0.455 e. The number of nitrogens with zero attached hydrogens (tertiary/aromatic N) is 3. The standard InChI is InChI=1S/C53H33N3O/c1-3-14-34(15-4-1)39-20-11-21-40(32-39)53-55-51(37-17-5-2-6-18-37)54-52(56-53)38-30-28-36(29-31-38)42-25-13-27-48-49(42)47-33-46(44-23-9-10-24-45(44)50(47)57-48)43-26-12-19-35-16-7-8-22-41(35)43/h1-33H. The number of fused-ring (bicyclic) bond motifs is 6.